The second-order valence-electron chi connectivity index (χ2n) is 5.51. The molecule has 1 aliphatic rings. The van der Waals surface area contributed by atoms with E-state index in [4.69, 9.17) is 4.74 Å². The zero-order chi connectivity index (χ0) is 16.1. The number of amides is 1. The van der Waals surface area contributed by atoms with Gasteiger partial charge in [0, 0.05) is 37.2 Å². The second-order valence-corrected chi connectivity index (χ2v) is 5.51. The number of rotatable bonds is 4. The number of aromatic nitrogens is 2. The van der Waals surface area contributed by atoms with E-state index in [1.165, 1.54) is 6.42 Å². The van der Waals surface area contributed by atoms with Crippen LogP contribution in [-0.2, 0) is 0 Å². The lowest BCUT2D eigenvalue weighted by Gasteiger charge is -2.26. The molecule has 1 fully saturated rings. The van der Waals surface area contributed by atoms with E-state index in [-0.39, 0.29) is 5.91 Å². The number of anilines is 2. The summed E-state index contributed by atoms with van der Waals surface area (Å²) in [7, 11) is 1.62. The third-order valence-corrected chi connectivity index (χ3v) is 3.87. The SMILES string of the molecule is COc1cccc(Nc2ncc(C(=O)N3CCCCC3)cn2)c1. The fraction of sp³-hybridized carbons (Fsp3) is 0.353. The van der Waals surface area contributed by atoms with E-state index in [2.05, 4.69) is 15.3 Å². The van der Waals surface area contributed by atoms with Crippen LogP contribution >= 0.6 is 0 Å². The van der Waals surface area contributed by atoms with Crippen LogP contribution in [0.3, 0.4) is 0 Å². The van der Waals surface area contributed by atoms with Crippen LogP contribution in [-0.4, -0.2) is 41.0 Å². The fourth-order valence-corrected chi connectivity index (χ4v) is 2.61. The minimum atomic E-state index is 0.0117. The fourth-order valence-electron chi connectivity index (χ4n) is 2.61. The number of nitrogens with one attached hydrogen (secondary N) is 1. The number of ether oxygens (including phenoxy) is 1. The lowest BCUT2D eigenvalue weighted by Crippen LogP contribution is -2.35. The van der Waals surface area contributed by atoms with Gasteiger partial charge in [-0.1, -0.05) is 6.07 Å². The Labute approximate surface area is 135 Å². The number of likely N-dealkylation sites (tertiary alicyclic amines) is 1. The summed E-state index contributed by atoms with van der Waals surface area (Å²) in [5, 5.41) is 3.10. The second kappa shape index (κ2) is 7.09. The molecule has 23 heavy (non-hydrogen) atoms. The summed E-state index contributed by atoms with van der Waals surface area (Å²) in [6.45, 7) is 1.64. The molecule has 1 amide bonds. The van der Waals surface area contributed by atoms with Gasteiger partial charge in [-0.3, -0.25) is 4.79 Å². The minimum absolute atomic E-state index is 0.0117. The molecule has 1 N–H and O–H groups in total. The van der Waals surface area contributed by atoms with Gasteiger partial charge in [0.15, 0.2) is 0 Å². The Bertz CT molecular complexity index is 667. The molecule has 0 saturated carbocycles. The van der Waals surface area contributed by atoms with Crippen molar-refractivity contribution >= 4 is 17.5 Å². The highest BCUT2D eigenvalue weighted by Gasteiger charge is 2.18. The Hall–Kier alpha value is -2.63. The van der Waals surface area contributed by atoms with Gasteiger partial charge in [0.25, 0.3) is 5.91 Å². The first-order valence-corrected chi connectivity index (χ1v) is 7.78. The van der Waals surface area contributed by atoms with Crippen molar-refractivity contribution in [3.05, 3.63) is 42.2 Å². The lowest BCUT2D eigenvalue weighted by molar-refractivity contribution is 0.0723. The van der Waals surface area contributed by atoms with E-state index in [0.717, 1.165) is 37.4 Å². The van der Waals surface area contributed by atoms with Gasteiger partial charge in [0.05, 0.1) is 12.7 Å². The van der Waals surface area contributed by atoms with Crippen molar-refractivity contribution in [2.24, 2.45) is 0 Å². The molecule has 1 saturated heterocycles. The number of nitrogens with zero attached hydrogens (tertiary/aromatic N) is 3. The van der Waals surface area contributed by atoms with E-state index in [1.54, 1.807) is 19.5 Å². The van der Waals surface area contributed by atoms with Crippen LogP contribution in [0.4, 0.5) is 11.6 Å². The van der Waals surface area contributed by atoms with Crippen LogP contribution in [0.5, 0.6) is 5.75 Å². The van der Waals surface area contributed by atoms with Crippen LogP contribution < -0.4 is 10.1 Å². The van der Waals surface area contributed by atoms with Crippen molar-refractivity contribution in [1.29, 1.82) is 0 Å². The van der Waals surface area contributed by atoms with Crippen LogP contribution in [0.25, 0.3) is 0 Å². The van der Waals surface area contributed by atoms with Crippen molar-refractivity contribution in [2.45, 2.75) is 19.3 Å². The molecule has 1 aromatic heterocycles. The summed E-state index contributed by atoms with van der Waals surface area (Å²) in [5.41, 5.74) is 1.36. The topological polar surface area (TPSA) is 67.3 Å². The van der Waals surface area contributed by atoms with E-state index in [1.807, 2.05) is 29.2 Å². The molecular formula is C17H20N4O2. The molecule has 0 radical (unpaired) electrons. The van der Waals surface area contributed by atoms with Crippen LogP contribution in [0.2, 0.25) is 0 Å². The maximum absolute atomic E-state index is 12.4. The third-order valence-electron chi connectivity index (χ3n) is 3.87. The summed E-state index contributed by atoms with van der Waals surface area (Å²) >= 11 is 0. The number of piperidine rings is 1. The van der Waals surface area contributed by atoms with Gasteiger partial charge in [-0.2, -0.15) is 0 Å². The highest BCUT2D eigenvalue weighted by atomic mass is 16.5. The van der Waals surface area contributed by atoms with Crippen molar-refractivity contribution in [2.75, 3.05) is 25.5 Å². The molecule has 1 aliphatic heterocycles. The van der Waals surface area contributed by atoms with Gasteiger partial charge in [-0.05, 0) is 31.4 Å². The standard InChI is InChI=1S/C17H20N4O2/c1-23-15-7-5-6-14(10-15)20-17-18-11-13(12-19-17)16(22)21-8-3-2-4-9-21/h5-7,10-12H,2-4,8-9H2,1H3,(H,18,19,20). The first-order chi connectivity index (χ1) is 11.3. The highest BCUT2D eigenvalue weighted by Crippen LogP contribution is 2.19. The molecule has 1 aromatic carbocycles. The van der Waals surface area contributed by atoms with Crippen molar-refractivity contribution in [3.8, 4) is 5.75 Å². The number of carbonyl (C=O) groups is 1. The first-order valence-electron chi connectivity index (χ1n) is 7.78. The normalized spacial score (nSPS) is 14.4. The zero-order valence-corrected chi connectivity index (χ0v) is 13.2. The largest absolute Gasteiger partial charge is 0.497 e. The Morgan fingerprint density at radius 3 is 2.61 bits per heavy atom. The number of hydrogen-bond donors (Lipinski definition) is 1. The molecule has 2 aromatic rings. The number of methoxy groups -OCH3 is 1. The quantitative estimate of drug-likeness (QED) is 0.940. The van der Waals surface area contributed by atoms with Gasteiger partial charge < -0.3 is 15.0 Å². The Morgan fingerprint density at radius 1 is 1.17 bits per heavy atom. The third kappa shape index (κ3) is 3.77. The van der Waals surface area contributed by atoms with Crippen molar-refractivity contribution in [3.63, 3.8) is 0 Å². The summed E-state index contributed by atoms with van der Waals surface area (Å²) in [6.07, 6.45) is 6.49. The van der Waals surface area contributed by atoms with Gasteiger partial charge >= 0.3 is 0 Å². The Kier molecular flexibility index (Phi) is 4.71. The van der Waals surface area contributed by atoms with Gasteiger partial charge in [-0.15, -0.1) is 0 Å². The van der Waals surface area contributed by atoms with Crippen molar-refractivity contribution < 1.29 is 9.53 Å². The van der Waals surface area contributed by atoms with Crippen molar-refractivity contribution in [1.82, 2.24) is 14.9 Å². The zero-order valence-electron chi connectivity index (χ0n) is 13.2. The van der Waals surface area contributed by atoms with Gasteiger partial charge in [0.2, 0.25) is 5.95 Å². The molecule has 3 rings (SSSR count). The van der Waals surface area contributed by atoms with Crippen LogP contribution in [0, 0.1) is 0 Å². The summed E-state index contributed by atoms with van der Waals surface area (Å²) in [5.74, 6) is 1.22. The molecule has 0 atom stereocenters. The van der Waals surface area contributed by atoms with Crippen LogP contribution in [0.15, 0.2) is 36.7 Å². The molecule has 6 heteroatoms. The molecule has 6 nitrogen and oxygen atoms in total. The monoisotopic (exact) mass is 312 g/mol. The van der Waals surface area contributed by atoms with E-state index < -0.39 is 0 Å². The summed E-state index contributed by atoms with van der Waals surface area (Å²) < 4.78 is 5.18. The minimum Gasteiger partial charge on any atom is -0.497 e. The number of hydrogen-bond acceptors (Lipinski definition) is 5. The van der Waals surface area contributed by atoms with E-state index in [9.17, 15) is 4.79 Å². The van der Waals surface area contributed by atoms with Gasteiger partial charge in [-0.25, -0.2) is 9.97 Å². The lowest BCUT2D eigenvalue weighted by atomic mass is 10.1. The van der Waals surface area contributed by atoms with E-state index in [0.29, 0.717) is 11.5 Å². The molecule has 0 spiro atoms. The molecular weight excluding hydrogens is 292 g/mol. The summed E-state index contributed by atoms with van der Waals surface area (Å²) in [4.78, 5) is 22.7. The van der Waals surface area contributed by atoms with E-state index >= 15 is 0 Å². The molecule has 2 heterocycles. The molecule has 120 valence electrons. The molecule has 0 unspecified atom stereocenters. The first kappa shape index (κ1) is 15.3. The predicted octanol–water partition coefficient (Wildman–Crippen LogP) is 2.85. The number of benzene rings is 1. The number of carbonyl (C=O) groups excluding carboxylic acids is 1. The Balaban J connectivity index is 1.67. The summed E-state index contributed by atoms with van der Waals surface area (Å²) in [6, 6.07) is 7.51. The highest BCUT2D eigenvalue weighted by molar-refractivity contribution is 5.93. The maximum Gasteiger partial charge on any atom is 0.256 e. The average Bonchev–Trinajstić information content (AvgIpc) is 2.63. The molecule has 0 aliphatic carbocycles. The maximum atomic E-state index is 12.4. The Morgan fingerprint density at radius 2 is 1.91 bits per heavy atom. The average molecular weight is 312 g/mol. The van der Waals surface area contributed by atoms with Gasteiger partial charge in [0.1, 0.15) is 5.75 Å². The van der Waals surface area contributed by atoms with Crippen LogP contribution in [0.1, 0.15) is 29.6 Å². The smallest absolute Gasteiger partial charge is 0.256 e. The molecule has 0 bridgehead atoms. The predicted molar refractivity (Wildman–Crippen MR) is 88.1 cm³/mol.